The molecule has 0 saturated heterocycles. The molecule has 0 spiro atoms. The maximum atomic E-state index is 14.1. The summed E-state index contributed by atoms with van der Waals surface area (Å²) in [5, 5.41) is 10.6. The van der Waals surface area contributed by atoms with Crippen molar-refractivity contribution in [3.63, 3.8) is 0 Å². The van der Waals surface area contributed by atoms with Gasteiger partial charge in [-0.3, -0.25) is 4.68 Å². The van der Waals surface area contributed by atoms with Gasteiger partial charge < -0.3 is 10.6 Å². The average Bonchev–Trinajstić information content (AvgIpc) is 3.26. The van der Waals surface area contributed by atoms with Crippen molar-refractivity contribution in [3.8, 4) is 0 Å². The number of halogens is 2. The quantitative estimate of drug-likeness (QED) is 0.397. The van der Waals surface area contributed by atoms with Crippen molar-refractivity contribution >= 4 is 29.9 Å². The molecule has 0 amide bonds. The molecule has 0 unspecified atom stereocenters. The maximum absolute atomic E-state index is 14.1. The molecule has 25 heavy (non-hydrogen) atoms. The molecule has 0 bridgehead atoms. The summed E-state index contributed by atoms with van der Waals surface area (Å²) in [6.07, 6.45) is 3.50. The van der Waals surface area contributed by atoms with Crippen LogP contribution in [0.25, 0.3) is 0 Å². The molecular weight excluding hydrogens is 434 g/mol. The lowest BCUT2D eigenvalue weighted by atomic mass is 9.95. The highest BCUT2D eigenvalue weighted by molar-refractivity contribution is 14.0. The summed E-state index contributed by atoms with van der Waals surface area (Å²) >= 11 is 0. The van der Waals surface area contributed by atoms with Crippen LogP contribution in [-0.2, 0) is 19.0 Å². The Balaban J connectivity index is 0.00000225. The van der Waals surface area contributed by atoms with Gasteiger partial charge in [0, 0.05) is 25.6 Å². The van der Waals surface area contributed by atoms with Gasteiger partial charge in [0.15, 0.2) is 5.96 Å². The minimum atomic E-state index is -0.127. The largest absolute Gasteiger partial charge is 0.357 e. The number of nitrogens with zero attached hydrogens (tertiary/aromatic N) is 4. The maximum Gasteiger partial charge on any atom is 0.191 e. The molecule has 1 aromatic heterocycles. The molecular formula is C17H24FIN6. The molecule has 136 valence electrons. The van der Waals surface area contributed by atoms with Gasteiger partial charge in [0.25, 0.3) is 0 Å². The van der Waals surface area contributed by atoms with E-state index in [2.05, 4.69) is 25.7 Å². The highest BCUT2D eigenvalue weighted by Gasteiger charge is 2.45. The van der Waals surface area contributed by atoms with Gasteiger partial charge in [-0.25, -0.2) is 14.4 Å². The van der Waals surface area contributed by atoms with E-state index >= 15 is 0 Å². The normalized spacial score (nSPS) is 15.4. The lowest BCUT2D eigenvalue weighted by Gasteiger charge is -2.19. The molecule has 2 N–H and O–H groups in total. The predicted octanol–water partition coefficient (Wildman–Crippen LogP) is 2.36. The first-order valence-electron chi connectivity index (χ1n) is 8.25. The Morgan fingerprint density at radius 1 is 1.32 bits per heavy atom. The Labute approximate surface area is 164 Å². The van der Waals surface area contributed by atoms with E-state index < -0.39 is 0 Å². The molecule has 8 heteroatoms. The monoisotopic (exact) mass is 458 g/mol. The van der Waals surface area contributed by atoms with Crippen LogP contribution in [0.3, 0.4) is 0 Å². The zero-order chi connectivity index (χ0) is 17.0. The van der Waals surface area contributed by atoms with Crippen LogP contribution in [0, 0.1) is 5.82 Å². The van der Waals surface area contributed by atoms with Crippen molar-refractivity contribution in [2.24, 2.45) is 12.0 Å². The van der Waals surface area contributed by atoms with Gasteiger partial charge in [-0.1, -0.05) is 18.2 Å². The first-order chi connectivity index (χ1) is 11.6. The summed E-state index contributed by atoms with van der Waals surface area (Å²) in [6, 6.07) is 7.04. The number of aryl methyl sites for hydroxylation is 1. The Morgan fingerprint density at radius 3 is 2.68 bits per heavy atom. The van der Waals surface area contributed by atoms with Crippen molar-refractivity contribution in [1.29, 1.82) is 0 Å². The summed E-state index contributed by atoms with van der Waals surface area (Å²) in [5.41, 5.74) is 0.674. The summed E-state index contributed by atoms with van der Waals surface area (Å²) < 4.78 is 15.8. The first kappa shape index (κ1) is 19.6. The molecule has 1 saturated carbocycles. The van der Waals surface area contributed by atoms with Crippen molar-refractivity contribution in [2.45, 2.75) is 31.7 Å². The number of hydrogen-bond donors (Lipinski definition) is 2. The lowest BCUT2D eigenvalue weighted by molar-refractivity contribution is 0.559. The van der Waals surface area contributed by atoms with Crippen LogP contribution in [0.5, 0.6) is 0 Å². The third-order valence-electron chi connectivity index (χ3n) is 4.42. The summed E-state index contributed by atoms with van der Waals surface area (Å²) in [5.74, 6) is 1.38. The SMILES string of the molecule is CCNC(=NCc1ncnn1C)NCC1(c2ccccc2F)CC1.I. The third kappa shape index (κ3) is 4.68. The zero-order valence-corrected chi connectivity index (χ0v) is 16.8. The fourth-order valence-corrected chi connectivity index (χ4v) is 2.79. The van der Waals surface area contributed by atoms with E-state index in [4.69, 9.17) is 0 Å². The Kier molecular flexibility index (Phi) is 6.74. The molecule has 0 aliphatic heterocycles. The van der Waals surface area contributed by atoms with Crippen LogP contribution in [0.15, 0.2) is 35.6 Å². The number of aliphatic imine (C=N–C) groups is 1. The number of rotatable bonds is 6. The predicted molar refractivity (Wildman–Crippen MR) is 107 cm³/mol. The summed E-state index contributed by atoms with van der Waals surface area (Å²) in [7, 11) is 1.84. The molecule has 1 aliphatic rings. The van der Waals surface area contributed by atoms with E-state index in [-0.39, 0.29) is 35.2 Å². The molecule has 2 aromatic rings. The van der Waals surface area contributed by atoms with E-state index in [1.807, 2.05) is 26.1 Å². The summed E-state index contributed by atoms with van der Waals surface area (Å²) in [6.45, 7) is 3.89. The lowest BCUT2D eigenvalue weighted by Crippen LogP contribution is -2.41. The second-order valence-electron chi connectivity index (χ2n) is 6.11. The van der Waals surface area contributed by atoms with Crippen LogP contribution in [0.1, 0.15) is 31.2 Å². The van der Waals surface area contributed by atoms with Gasteiger partial charge in [0.2, 0.25) is 0 Å². The van der Waals surface area contributed by atoms with Gasteiger partial charge in [-0.2, -0.15) is 5.10 Å². The molecule has 1 aromatic carbocycles. The average molecular weight is 458 g/mol. The van der Waals surface area contributed by atoms with Crippen molar-refractivity contribution < 1.29 is 4.39 Å². The Hall–Kier alpha value is -1.71. The number of hydrogen-bond acceptors (Lipinski definition) is 3. The fourth-order valence-electron chi connectivity index (χ4n) is 2.79. The molecule has 0 radical (unpaired) electrons. The van der Waals surface area contributed by atoms with Gasteiger partial charge in [-0.05, 0) is 31.4 Å². The van der Waals surface area contributed by atoms with Gasteiger partial charge in [-0.15, -0.1) is 24.0 Å². The van der Waals surface area contributed by atoms with Crippen LogP contribution < -0.4 is 10.6 Å². The van der Waals surface area contributed by atoms with Gasteiger partial charge in [0.1, 0.15) is 24.5 Å². The van der Waals surface area contributed by atoms with E-state index in [9.17, 15) is 4.39 Å². The van der Waals surface area contributed by atoms with E-state index in [1.165, 1.54) is 12.4 Å². The van der Waals surface area contributed by atoms with Crippen LogP contribution in [0.4, 0.5) is 4.39 Å². The highest BCUT2D eigenvalue weighted by Crippen LogP contribution is 2.48. The van der Waals surface area contributed by atoms with E-state index in [0.29, 0.717) is 19.0 Å². The van der Waals surface area contributed by atoms with E-state index in [0.717, 1.165) is 30.8 Å². The first-order valence-corrected chi connectivity index (χ1v) is 8.25. The van der Waals surface area contributed by atoms with E-state index in [1.54, 1.807) is 10.7 Å². The van der Waals surface area contributed by atoms with Gasteiger partial charge in [0.05, 0.1) is 0 Å². The second-order valence-corrected chi connectivity index (χ2v) is 6.11. The number of benzene rings is 1. The molecule has 6 nitrogen and oxygen atoms in total. The number of guanidine groups is 1. The Morgan fingerprint density at radius 2 is 2.08 bits per heavy atom. The molecule has 1 fully saturated rings. The number of aromatic nitrogens is 3. The third-order valence-corrected chi connectivity index (χ3v) is 4.42. The highest BCUT2D eigenvalue weighted by atomic mass is 127. The summed E-state index contributed by atoms with van der Waals surface area (Å²) in [4.78, 5) is 8.71. The zero-order valence-electron chi connectivity index (χ0n) is 14.5. The standard InChI is InChI=1S/C17H23FN6.HI/c1-3-19-16(20-10-15-22-12-23-24(15)2)21-11-17(8-9-17)13-6-4-5-7-14(13)18;/h4-7,12H,3,8-11H2,1-2H3,(H2,19,20,21);1H. The topological polar surface area (TPSA) is 67.1 Å². The number of nitrogens with one attached hydrogen (secondary N) is 2. The minimum Gasteiger partial charge on any atom is -0.357 e. The minimum absolute atomic E-state index is 0. The van der Waals surface area contributed by atoms with Crippen LogP contribution in [0.2, 0.25) is 0 Å². The van der Waals surface area contributed by atoms with Crippen LogP contribution >= 0.6 is 24.0 Å². The van der Waals surface area contributed by atoms with Crippen molar-refractivity contribution in [3.05, 3.63) is 47.8 Å². The van der Waals surface area contributed by atoms with Gasteiger partial charge >= 0.3 is 0 Å². The smallest absolute Gasteiger partial charge is 0.191 e. The fraction of sp³-hybridized carbons (Fsp3) is 0.471. The van der Waals surface area contributed by atoms with Crippen LogP contribution in [-0.4, -0.2) is 33.8 Å². The van der Waals surface area contributed by atoms with Crippen molar-refractivity contribution in [2.75, 3.05) is 13.1 Å². The second kappa shape index (κ2) is 8.59. The molecule has 1 heterocycles. The molecule has 1 aliphatic carbocycles. The van der Waals surface area contributed by atoms with Crippen molar-refractivity contribution in [1.82, 2.24) is 25.4 Å². The molecule has 3 rings (SSSR count). The Bertz CT molecular complexity index is 725. The molecule has 0 atom stereocenters.